The van der Waals surface area contributed by atoms with Crippen LogP contribution >= 0.6 is 0 Å². The van der Waals surface area contributed by atoms with Gasteiger partial charge in [0.2, 0.25) is 0 Å². The number of hydrogen-bond donors (Lipinski definition) is 2. The van der Waals surface area contributed by atoms with E-state index in [1.54, 1.807) is 0 Å². The fraction of sp³-hybridized carbons (Fsp3) is 0.200. The van der Waals surface area contributed by atoms with Gasteiger partial charge < -0.3 is 10.2 Å². The Bertz CT molecular complexity index is 502. The van der Waals surface area contributed by atoms with Gasteiger partial charge in [-0.3, -0.25) is 0 Å². The number of aliphatic hydroxyl groups is 2. The quantitative estimate of drug-likeness (QED) is 0.894. The number of halogens is 2. The smallest absolute Gasteiger partial charge is 0.140 e. The van der Waals surface area contributed by atoms with Crippen LogP contribution in [0.15, 0.2) is 48.5 Å². The van der Waals surface area contributed by atoms with Gasteiger partial charge in [-0.1, -0.05) is 24.3 Å². The first-order valence-corrected chi connectivity index (χ1v) is 5.87. The van der Waals surface area contributed by atoms with E-state index in [2.05, 4.69) is 0 Å². The maximum Gasteiger partial charge on any atom is 0.140 e. The number of aliphatic hydroxyl groups excluding tert-OH is 1. The molecule has 2 nitrogen and oxygen atoms in total. The lowest BCUT2D eigenvalue weighted by molar-refractivity contribution is -0.0395. The summed E-state index contributed by atoms with van der Waals surface area (Å²) in [5, 5.41) is 20.6. The van der Waals surface area contributed by atoms with Gasteiger partial charge in [0.05, 0.1) is 6.10 Å². The van der Waals surface area contributed by atoms with Crippen molar-refractivity contribution in [1.29, 1.82) is 0 Å². The molecule has 0 fully saturated rings. The van der Waals surface area contributed by atoms with Crippen LogP contribution in [-0.2, 0) is 5.60 Å². The summed E-state index contributed by atoms with van der Waals surface area (Å²) in [6.07, 6.45) is -1.14. The average molecular weight is 264 g/mol. The van der Waals surface area contributed by atoms with Crippen molar-refractivity contribution in [2.24, 2.45) is 0 Å². The molecule has 0 aliphatic rings. The van der Waals surface area contributed by atoms with Crippen LogP contribution in [0.1, 0.15) is 18.1 Å². The molecule has 0 radical (unpaired) electrons. The maximum atomic E-state index is 12.9. The zero-order valence-electron chi connectivity index (χ0n) is 10.3. The largest absolute Gasteiger partial charge is 0.390 e. The Morgan fingerprint density at radius 2 is 1.16 bits per heavy atom. The molecule has 0 bridgehead atoms. The third kappa shape index (κ3) is 2.50. The van der Waals surface area contributed by atoms with Gasteiger partial charge in [0, 0.05) is 0 Å². The minimum Gasteiger partial charge on any atom is -0.390 e. The van der Waals surface area contributed by atoms with Crippen molar-refractivity contribution >= 4 is 0 Å². The molecule has 2 rings (SSSR count). The second kappa shape index (κ2) is 5.07. The first-order chi connectivity index (χ1) is 8.94. The summed E-state index contributed by atoms with van der Waals surface area (Å²) >= 11 is 0. The van der Waals surface area contributed by atoms with E-state index in [1.807, 2.05) is 0 Å². The molecular weight excluding hydrogens is 250 g/mol. The molecule has 100 valence electrons. The minimum absolute atomic E-state index is 0.343. The average Bonchev–Trinajstić information content (AvgIpc) is 2.39. The first-order valence-electron chi connectivity index (χ1n) is 5.87. The van der Waals surface area contributed by atoms with Crippen molar-refractivity contribution in [2.75, 3.05) is 0 Å². The zero-order valence-corrected chi connectivity index (χ0v) is 10.3. The van der Waals surface area contributed by atoms with Gasteiger partial charge in [-0.15, -0.1) is 0 Å². The third-order valence-electron chi connectivity index (χ3n) is 3.17. The SMILES string of the molecule is CC(O)C(O)(c1ccc(F)cc1)c1ccc(F)cc1. The summed E-state index contributed by atoms with van der Waals surface area (Å²) in [5.41, 5.74) is -1.02. The van der Waals surface area contributed by atoms with Crippen LogP contribution in [0.2, 0.25) is 0 Å². The van der Waals surface area contributed by atoms with Crippen LogP contribution in [0, 0.1) is 11.6 Å². The standard InChI is InChI=1S/C15H14F2O2/c1-10(18)15(19,11-2-6-13(16)7-3-11)12-4-8-14(17)9-5-12/h2-10,18-19H,1H3. The molecule has 0 aliphatic carbocycles. The highest BCUT2D eigenvalue weighted by atomic mass is 19.1. The Morgan fingerprint density at radius 3 is 1.42 bits per heavy atom. The van der Waals surface area contributed by atoms with E-state index in [9.17, 15) is 19.0 Å². The Labute approximate surface area is 110 Å². The molecule has 0 heterocycles. The fourth-order valence-corrected chi connectivity index (χ4v) is 2.06. The molecule has 2 N–H and O–H groups in total. The van der Waals surface area contributed by atoms with E-state index < -0.39 is 23.3 Å². The van der Waals surface area contributed by atoms with E-state index in [0.29, 0.717) is 11.1 Å². The molecule has 0 saturated heterocycles. The summed E-state index contributed by atoms with van der Waals surface area (Å²) in [6.45, 7) is 1.42. The Hall–Kier alpha value is -1.78. The first kappa shape index (κ1) is 13.6. The van der Waals surface area contributed by atoms with Gasteiger partial charge >= 0.3 is 0 Å². The monoisotopic (exact) mass is 264 g/mol. The van der Waals surface area contributed by atoms with E-state index in [-0.39, 0.29) is 0 Å². The molecule has 0 amide bonds. The van der Waals surface area contributed by atoms with Gasteiger partial charge in [0.1, 0.15) is 17.2 Å². The highest BCUT2D eigenvalue weighted by Crippen LogP contribution is 2.33. The molecule has 2 aromatic rings. The Balaban J connectivity index is 2.54. The predicted octanol–water partition coefficient (Wildman–Crippen LogP) is 2.58. The van der Waals surface area contributed by atoms with E-state index in [0.717, 1.165) is 0 Å². The van der Waals surface area contributed by atoms with Crippen LogP contribution in [0.5, 0.6) is 0 Å². The van der Waals surface area contributed by atoms with Crippen molar-refractivity contribution in [1.82, 2.24) is 0 Å². The molecule has 4 heteroatoms. The number of hydrogen-bond acceptors (Lipinski definition) is 2. The summed E-state index contributed by atoms with van der Waals surface area (Å²) in [6, 6.07) is 10.4. The second-order valence-electron chi connectivity index (χ2n) is 4.46. The number of benzene rings is 2. The molecular formula is C15H14F2O2. The molecule has 2 aromatic carbocycles. The fourth-order valence-electron chi connectivity index (χ4n) is 2.06. The van der Waals surface area contributed by atoms with Crippen molar-refractivity contribution in [3.63, 3.8) is 0 Å². The molecule has 19 heavy (non-hydrogen) atoms. The Morgan fingerprint density at radius 1 is 0.842 bits per heavy atom. The van der Waals surface area contributed by atoms with Gasteiger partial charge in [-0.05, 0) is 42.3 Å². The van der Waals surface area contributed by atoms with E-state index >= 15 is 0 Å². The Kier molecular flexibility index (Phi) is 3.64. The lowest BCUT2D eigenvalue weighted by Crippen LogP contribution is -2.38. The van der Waals surface area contributed by atoms with Crippen LogP contribution < -0.4 is 0 Å². The molecule has 1 atom stereocenters. The van der Waals surface area contributed by atoms with Crippen LogP contribution in [-0.4, -0.2) is 16.3 Å². The minimum atomic E-state index is -1.71. The molecule has 0 spiro atoms. The summed E-state index contributed by atoms with van der Waals surface area (Å²) in [4.78, 5) is 0. The predicted molar refractivity (Wildman–Crippen MR) is 67.5 cm³/mol. The van der Waals surface area contributed by atoms with Crippen LogP contribution in [0.25, 0.3) is 0 Å². The van der Waals surface area contributed by atoms with Gasteiger partial charge in [-0.25, -0.2) is 8.78 Å². The van der Waals surface area contributed by atoms with Gasteiger partial charge in [0.25, 0.3) is 0 Å². The highest BCUT2D eigenvalue weighted by molar-refractivity contribution is 5.37. The number of rotatable bonds is 3. The molecule has 0 aliphatic heterocycles. The van der Waals surface area contributed by atoms with Gasteiger partial charge in [-0.2, -0.15) is 0 Å². The normalized spacial score (nSPS) is 13.3. The summed E-state index contributed by atoms with van der Waals surface area (Å²) in [7, 11) is 0. The summed E-state index contributed by atoms with van der Waals surface area (Å²) < 4.78 is 25.9. The van der Waals surface area contributed by atoms with E-state index in [1.165, 1.54) is 55.5 Å². The van der Waals surface area contributed by atoms with Gasteiger partial charge in [0.15, 0.2) is 0 Å². The second-order valence-corrected chi connectivity index (χ2v) is 4.46. The van der Waals surface area contributed by atoms with Crippen LogP contribution in [0.4, 0.5) is 8.78 Å². The maximum absolute atomic E-state index is 12.9. The lowest BCUT2D eigenvalue weighted by atomic mass is 9.82. The third-order valence-corrected chi connectivity index (χ3v) is 3.17. The van der Waals surface area contributed by atoms with Crippen molar-refractivity contribution in [2.45, 2.75) is 18.6 Å². The van der Waals surface area contributed by atoms with E-state index in [4.69, 9.17) is 0 Å². The summed E-state index contributed by atoms with van der Waals surface area (Å²) in [5.74, 6) is -0.869. The van der Waals surface area contributed by atoms with Crippen molar-refractivity contribution in [3.8, 4) is 0 Å². The van der Waals surface area contributed by atoms with Crippen LogP contribution in [0.3, 0.4) is 0 Å². The molecule has 1 unspecified atom stereocenters. The molecule has 0 saturated carbocycles. The lowest BCUT2D eigenvalue weighted by Gasteiger charge is -2.32. The van der Waals surface area contributed by atoms with Crippen molar-refractivity contribution in [3.05, 3.63) is 71.3 Å². The molecule has 0 aromatic heterocycles. The topological polar surface area (TPSA) is 40.5 Å². The highest BCUT2D eigenvalue weighted by Gasteiger charge is 2.36. The zero-order chi connectivity index (χ0) is 14.0. The van der Waals surface area contributed by atoms with Crippen molar-refractivity contribution < 1.29 is 19.0 Å².